The van der Waals surface area contributed by atoms with Crippen LogP contribution in [0.25, 0.3) is 0 Å². The van der Waals surface area contributed by atoms with E-state index in [-0.39, 0.29) is 0 Å². The second-order valence-corrected chi connectivity index (χ2v) is 6.87. The molecule has 3 nitrogen and oxygen atoms in total. The average molecular weight is 264 g/mol. The Labute approximate surface area is 116 Å². The summed E-state index contributed by atoms with van der Waals surface area (Å²) in [6, 6.07) is 0.528. The Morgan fingerprint density at radius 1 is 1.00 bits per heavy atom. The molecule has 3 aliphatic carbocycles. The summed E-state index contributed by atoms with van der Waals surface area (Å²) in [5.41, 5.74) is 5.67. The van der Waals surface area contributed by atoms with E-state index in [0.29, 0.717) is 24.4 Å². The fraction of sp³-hybridized carbons (Fsp3) is 0.938. The Kier molecular flexibility index (Phi) is 4.11. The zero-order valence-corrected chi connectivity index (χ0v) is 12.0. The highest BCUT2D eigenvalue weighted by atomic mass is 16.2. The molecule has 2 N–H and O–H groups in total. The quantitative estimate of drug-likeness (QED) is 0.848. The monoisotopic (exact) mass is 264 g/mol. The first-order chi connectivity index (χ1) is 9.29. The maximum absolute atomic E-state index is 12.7. The minimum Gasteiger partial charge on any atom is -0.338 e. The highest BCUT2D eigenvalue weighted by Gasteiger charge is 2.39. The number of amides is 1. The molecule has 1 amide bonds. The molecular weight excluding hydrogens is 236 g/mol. The van der Waals surface area contributed by atoms with E-state index in [4.69, 9.17) is 5.73 Å². The number of nitrogens with zero attached hydrogens (tertiary/aromatic N) is 1. The van der Waals surface area contributed by atoms with Crippen LogP contribution in [0.4, 0.5) is 0 Å². The van der Waals surface area contributed by atoms with Crippen LogP contribution in [-0.2, 0) is 4.79 Å². The van der Waals surface area contributed by atoms with Gasteiger partial charge in [0.25, 0.3) is 0 Å². The van der Waals surface area contributed by atoms with Crippen LogP contribution < -0.4 is 5.73 Å². The third-order valence-corrected chi connectivity index (χ3v) is 5.53. The Balaban J connectivity index is 1.60. The standard InChI is InChI=1S/C16H28N2O/c17-9-10-18(15-7-8-15)16(19)14-6-5-12-3-1-2-4-13(12)11-14/h12-15H,1-11,17H2. The van der Waals surface area contributed by atoms with Crippen molar-refractivity contribution < 1.29 is 4.79 Å². The molecule has 0 aromatic carbocycles. The van der Waals surface area contributed by atoms with Crippen molar-refractivity contribution in [3.05, 3.63) is 0 Å². The molecule has 0 aliphatic heterocycles. The number of rotatable bonds is 4. The van der Waals surface area contributed by atoms with Crippen LogP contribution in [0.15, 0.2) is 0 Å². The van der Waals surface area contributed by atoms with Crippen molar-refractivity contribution in [2.45, 2.75) is 63.8 Å². The summed E-state index contributed by atoms with van der Waals surface area (Å²) in [4.78, 5) is 14.8. The van der Waals surface area contributed by atoms with E-state index in [1.165, 1.54) is 44.9 Å². The molecule has 0 saturated heterocycles. The van der Waals surface area contributed by atoms with Gasteiger partial charge in [-0.25, -0.2) is 0 Å². The molecule has 108 valence electrons. The van der Waals surface area contributed by atoms with Crippen molar-refractivity contribution in [2.24, 2.45) is 23.5 Å². The molecule has 3 heteroatoms. The Morgan fingerprint density at radius 3 is 2.42 bits per heavy atom. The van der Waals surface area contributed by atoms with Crippen LogP contribution in [-0.4, -0.2) is 29.9 Å². The fourth-order valence-electron chi connectivity index (χ4n) is 4.33. The van der Waals surface area contributed by atoms with Crippen LogP contribution in [0, 0.1) is 17.8 Å². The summed E-state index contributed by atoms with van der Waals surface area (Å²) in [5.74, 6) is 2.51. The summed E-state index contributed by atoms with van der Waals surface area (Å²) in [6.45, 7) is 1.38. The number of nitrogens with two attached hydrogens (primary N) is 1. The van der Waals surface area contributed by atoms with Crippen LogP contribution in [0.5, 0.6) is 0 Å². The molecule has 3 saturated carbocycles. The number of hydrogen-bond acceptors (Lipinski definition) is 2. The number of fused-ring (bicyclic) bond motifs is 1. The zero-order chi connectivity index (χ0) is 13.2. The lowest BCUT2D eigenvalue weighted by Crippen LogP contribution is -2.43. The van der Waals surface area contributed by atoms with Gasteiger partial charge in [0.1, 0.15) is 0 Å². The fourth-order valence-corrected chi connectivity index (χ4v) is 4.33. The molecule has 0 aromatic heterocycles. The molecule has 3 aliphatic rings. The third kappa shape index (κ3) is 2.96. The second kappa shape index (κ2) is 5.82. The van der Waals surface area contributed by atoms with Gasteiger partial charge in [-0.2, -0.15) is 0 Å². The van der Waals surface area contributed by atoms with Gasteiger partial charge in [0.2, 0.25) is 5.91 Å². The van der Waals surface area contributed by atoms with Gasteiger partial charge in [-0.05, 0) is 43.9 Å². The highest BCUT2D eigenvalue weighted by Crippen LogP contribution is 2.43. The topological polar surface area (TPSA) is 46.3 Å². The first-order valence-corrected chi connectivity index (χ1v) is 8.30. The molecule has 0 spiro atoms. The van der Waals surface area contributed by atoms with E-state index in [0.717, 1.165) is 31.2 Å². The number of hydrogen-bond donors (Lipinski definition) is 1. The van der Waals surface area contributed by atoms with E-state index in [2.05, 4.69) is 4.90 Å². The number of carbonyl (C=O) groups excluding carboxylic acids is 1. The maximum atomic E-state index is 12.7. The molecule has 0 bridgehead atoms. The van der Waals surface area contributed by atoms with Gasteiger partial charge in [0.05, 0.1) is 0 Å². The Morgan fingerprint density at radius 2 is 1.74 bits per heavy atom. The van der Waals surface area contributed by atoms with Crippen molar-refractivity contribution >= 4 is 5.91 Å². The Hall–Kier alpha value is -0.570. The van der Waals surface area contributed by atoms with Gasteiger partial charge in [-0.1, -0.05) is 25.7 Å². The van der Waals surface area contributed by atoms with E-state index in [1.54, 1.807) is 0 Å². The normalized spacial score (nSPS) is 34.7. The van der Waals surface area contributed by atoms with E-state index in [9.17, 15) is 4.79 Å². The molecule has 3 fully saturated rings. The first kappa shape index (κ1) is 13.4. The lowest BCUT2D eigenvalue weighted by molar-refractivity contribution is -0.138. The van der Waals surface area contributed by atoms with Crippen molar-refractivity contribution in [3.8, 4) is 0 Å². The molecule has 0 heterocycles. The SMILES string of the molecule is NCCN(C(=O)C1CCC2CCCCC2C1)C1CC1. The molecule has 0 aromatic rings. The second-order valence-electron chi connectivity index (χ2n) is 6.87. The molecular formula is C16H28N2O. The van der Waals surface area contributed by atoms with Crippen molar-refractivity contribution in [2.75, 3.05) is 13.1 Å². The minimum atomic E-state index is 0.312. The van der Waals surface area contributed by atoms with E-state index >= 15 is 0 Å². The smallest absolute Gasteiger partial charge is 0.225 e. The van der Waals surface area contributed by atoms with Crippen LogP contribution in [0.1, 0.15) is 57.8 Å². The largest absolute Gasteiger partial charge is 0.338 e. The van der Waals surface area contributed by atoms with E-state index in [1.807, 2.05) is 0 Å². The summed E-state index contributed by atoms with van der Waals surface area (Å²) in [7, 11) is 0. The summed E-state index contributed by atoms with van der Waals surface area (Å²) < 4.78 is 0. The molecule has 3 atom stereocenters. The van der Waals surface area contributed by atoms with Crippen molar-refractivity contribution in [1.82, 2.24) is 4.90 Å². The van der Waals surface area contributed by atoms with E-state index < -0.39 is 0 Å². The van der Waals surface area contributed by atoms with Gasteiger partial charge >= 0.3 is 0 Å². The minimum absolute atomic E-state index is 0.312. The summed E-state index contributed by atoms with van der Waals surface area (Å²) >= 11 is 0. The van der Waals surface area contributed by atoms with Crippen LogP contribution >= 0.6 is 0 Å². The lowest BCUT2D eigenvalue weighted by Gasteiger charge is -2.40. The van der Waals surface area contributed by atoms with Gasteiger partial charge < -0.3 is 10.6 Å². The molecule has 19 heavy (non-hydrogen) atoms. The van der Waals surface area contributed by atoms with Crippen LogP contribution in [0.3, 0.4) is 0 Å². The molecule has 3 rings (SSSR count). The molecule has 3 unspecified atom stereocenters. The van der Waals surface area contributed by atoms with Crippen molar-refractivity contribution in [1.29, 1.82) is 0 Å². The summed E-state index contributed by atoms with van der Waals surface area (Å²) in [6.07, 6.45) is 11.6. The number of carbonyl (C=O) groups is 1. The van der Waals surface area contributed by atoms with Crippen LogP contribution in [0.2, 0.25) is 0 Å². The predicted octanol–water partition coefficient (Wildman–Crippen LogP) is 2.54. The predicted molar refractivity (Wildman–Crippen MR) is 76.6 cm³/mol. The van der Waals surface area contributed by atoms with Gasteiger partial charge in [0, 0.05) is 25.0 Å². The van der Waals surface area contributed by atoms with Gasteiger partial charge in [-0.15, -0.1) is 0 Å². The molecule has 0 radical (unpaired) electrons. The highest BCUT2D eigenvalue weighted by molar-refractivity contribution is 5.79. The van der Waals surface area contributed by atoms with Gasteiger partial charge in [-0.3, -0.25) is 4.79 Å². The average Bonchev–Trinajstić information content (AvgIpc) is 3.28. The Bertz CT molecular complexity index is 327. The third-order valence-electron chi connectivity index (χ3n) is 5.53. The lowest BCUT2D eigenvalue weighted by atomic mass is 9.67. The van der Waals surface area contributed by atoms with Crippen molar-refractivity contribution in [3.63, 3.8) is 0 Å². The zero-order valence-electron chi connectivity index (χ0n) is 12.0. The first-order valence-electron chi connectivity index (χ1n) is 8.30. The summed E-state index contributed by atoms with van der Waals surface area (Å²) in [5, 5.41) is 0. The van der Waals surface area contributed by atoms with Gasteiger partial charge in [0.15, 0.2) is 0 Å². The maximum Gasteiger partial charge on any atom is 0.225 e.